The Kier molecular flexibility index (Phi) is 4.49. The number of nitrogens with one attached hydrogen (secondary N) is 1. The Bertz CT molecular complexity index is 1240. The summed E-state index contributed by atoms with van der Waals surface area (Å²) in [5, 5.41) is 12.0. The number of aromatic nitrogens is 4. The number of fused-ring (bicyclic) bond motifs is 1. The highest BCUT2D eigenvalue weighted by atomic mass is 16.1. The van der Waals surface area contributed by atoms with E-state index >= 15 is 0 Å². The molecule has 4 rings (SSSR count). The van der Waals surface area contributed by atoms with Gasteiger partial charge in [-0.05, 0) is 41.3 Å². The Hall–Kier alpha value is -3.74. The lowest BCUT2D eigenvalue weighted by Gasteiger charge is -2.10. The zero-order valence-electron chi connectivity index (χ0n) is 15.6. The van der Waals surface area contributed by atoms with Crippen molar-refractivity contribution in [3.8, 4) is 11.3 Å². The van der Waals surface area contributed by atoms with E-state index < -0.39 is 0 Å². The molecule has 4 aromatic rings. The molecule has 0 radical (unpaired) electrons. The third-order valence-corrected chi connectivity index (χ3v) is 4.76. The van der Waals surface area contributed by atoms with Crippen molar-refractivity contribution in [3.63, 3.8) is 0 Å². The van der Waals surface area contributed by atoms with Crippen LogP contribution in [0.5, 0.6) is 0 Å². The van der Waals surface area contributed by atoms with E-state index in [0.29, 0.717) is 17.5 Å². The number of aryl methyl sites for hydroxylation is 1. The van der Waals surface area contributed by atoms with Gasteiger partial charge in [-0.2, -0.15) is 0 Å². The van der Waals surface area contributed by atoms with Crippen LogP contribution in [0.4, 0.5) is 0 Å². The maximum Gasteiger partial charge on any atom is 0.258 e. The molecule has 0 saturated carbocycles. The SMILES string of the molecule is CNC(=O)c1cccc(Cn2ccc3cc(-c4cnnn4C)ccc3c2=O)c1. The van der Waals surface area contributed by atoms with Gasteiger partial charge in [0.1, 0.15) is 0 Å². The molecule has 2 aromatic heterocycles. The van der Waals surface area contributed by atoms with Gasteiger partial charge in [0.25, 0.3) is 11.5 Å². The van der Waals surface area contributed by atoms with Gasteiger partial charge < -0.3 is 9.88 Å². The standard InChI is InChI=1S/C21H19N5O2/c1-22-20(27)17-5-3-4-14(10-17)13-26-9-8-15-11-16(6-7-18(15)21(26)28)19-12-23-24-25(19)2/h3-12H,13H2,1-2H3,(H,22,27). The van der Waals surface area contributed by atoms with E-state index in [1.165, 1.54) is 0 Å². The van der Waals surface area contributed by atoms with Gasteiger partial charge in [0.2, 0.25) is 0 Å². The third-order valence-electron chi connectivity index (χ3n) is 4.76. The lowest BCUT2D eigenvalue weighted by Crippen LogP contribution is -2.21. The first kappa shape index (κ1) is 17.7. The minimum absolute atomic E-state index is 0.0717. The van der Waals surface area contributed by atoms with Gasteiger partial charge in [-0.1, -0.05) is 23.4 Å². The number of nitrogens with zero attached hydrogens (tertiary/aromatic N) is 4. The van der Waals surface area contributed by atoms with E-state index in [1.54, 1.807) is 40.8 Å². The summed E-state index contributed by atoms with van der Waals surface area (Å²) in [6.45, 7) is 0.396. The van der Waals surface area contributed by atoms with Crippen LogP contribution < -0.4 is 10.9 Å². The topological polar surface area (TPSA) is 81.8 Å². The van der Waals surface area contributed by atoms with Gasteiger partial charge in [0.15, 0.2) is 0 Å². The second-order valence-corrected chi connectivity index (χ2v) is 6.57. The summed E-state index contributed by atoms with van der Waals surface area (Å²) in [4.78, 5) is 24.7. The van der Waals surface area contributed by atoms with Crippen LogP contribution in [0.3, 0.4) is 0 Å². The molecule has 0 spiro atoms. The van der Waals surface area contributed by atoms with E-state index in [-0.39, 0.29) is 11.5 Å². The summed E-state index contributed by atoms with van der Waals surface area (Å²) >= 11 is 0. The predicted molar refractivity (Wildman–Crippen MR) is 107 cm³/mol. The predicted octanol–water partition coefficient (Wildman–Crippen LogP) is 2.20. The van der Waals surface area contributed by atoms with Crippen LogP contribution in [0, 0.1) is 0 Å². The molecule has 0 aliphatic heterocycles. The fourth-order valence-electron chi connectivity index (χ4n) is 3.27. The van der Waals surface area contributed by atoms with Crippen molar-refractivity contribution >= 4 is 16.7 Å². The summed E-state index contributed by atoms with van der Waals surface area (Å²) in [6, 6.07) is 14.9. The van der Waals surface area contributed by atoms with Gasteiger partial charge in [-0.15, -0.1) is 5.10 Å². The summed E-state index contributed by atoms with van der Waals surface area (Å²) in [6.07, 6.45) is 3.48. The van der Waals surface area contributed by atoms with Crippen LogP contribution >= 0.6 is 0 Å². The summed E-state index contributed by atoms with van der Waals surface area (Å²) in [7, 11) is 3.43. The molecule has 0 bridgehead atoms. The number of benzene rings is 2. The Morgan fingerprint density at radius 1 is 1.14 bits per heavy atom. The molecule has 1 amide bonds. The first-order chi connectivity index (χ1) is 13.6. The van der Waals surface area contributed by atoms with Crippen molar-refractivity contribution < 1.29 is 4.79 Å². The van der Waals surface area contributed by atoms with Crippen LogP contribution in [0.2, 0.25) is 0 Å². The molecule has 0 fully saturated rings. The minimum Gasteiger partial charge on any atom is -0.355 e. The molecule has 2 aromatic carbocycles. The van der Waals surface area contributed by atoms with Gasteiger partial charge in [0, 0.05) is 36.8 Å². The Balaban J connectivity index is 1.70. The van der Waals surface area contributed by atoms with Crippen molar-refractivity contribution in [1.29, 1.82) is 0 Å². The average molecular weight is 373 g/mol. The van der Waals surface area contributed by atoms with Crippen LogP contribution in [0.1, 0.15) is 15.9 Å². The molecule has 140 valence electrons. The lowest BCUT2D eigenvalue weighted by atomic mass is 10.1. The van der Waals surface area contributed by atoms with Crippen LogP contribution in [-0.2, 0) is 13.6 Å². The van der Waals surface area contributed by atoms with Crippen LogP contribution in [0.25, 0.3) is 22.0 Å². The van der Waals surface area contributed by atoms with E-state index in [1.807, 2.05) is 43.4 Å². The molecular weight excluding hydrogens is 354 g/mol. The van der Waals surface area contributed by atoms with E-state index in [9.17, 15) is 9.59 Å². The maximum atomic E-state index is 12.9. The molecule has 0 unspecified atom stereocenters. The maximum absolute atomic E-state index is 12.9. The lowest BCUT2D eigenvalue weighted by molar-refractivity contribution is 0.0963. The molecule has 0 aliphatic rings. The summed E-state index contributed by atoms with van der Waals surface area (Å²) in [5.41, 5.74) is 3.23. The number of pyridine rings is 1. The summed E-state index contributed by atoms with van der Waals surface area (Å²) < 4.78 is 3.35. The van der Waals surface area contributed by atoms with Gasteiger partial charge in [0.05, 0.1) is 18.4 Å². The molecule has 0 saturated heterocycles. The Morgan fingerprint density at radius 3 is 2.75 bits per heavy atom. The highest BCUT2D eigenvalue weighted by Gasteiger charge is 2.09. The van der Waals surface area contributed by atoms with Crippen molar-refractivity contribution in [1.82, 2.24) is 24.9 Å². The molecule has 7 nitrogen and oxygen atoms in total. The Labute approximate surface area is 161 Å². The number of hydrogen-bond acceptors (Lipinski definition) is 4. The quantitative estimate of drug-likeness (QED) is 0.595. The molecule has 0 atom stereocenters. The third kappa shape index (κ3) is 3.18. The minimum atomic E-state index is -0.148. The van der Waals surface area contributed by atoms with E-state index in [4.69, 9.17) is 0 Å². The molecule has 28 heavy (non-hydrogen) atoms. The van der Waals surface area contributed by atoms with Gasteiger partial charge in [-0.25, -0.2) is 4.68 Å². The Morgan fingerprint density at radius 2 is 2.00 bits per heavy atom. The fourth-order valence-corrected chi connectivity index (χ4v) is 3.27. The first-order valence-electron chi connectivity index (χ1n) is 8.86. The monoisotopic (exact) mass is 373 g/mol. The van der Waals surface area contributed by atoms with Crippen molar-refractivity contribution in [2.75, 3.05) is 7.05 Å². The number of carbonyl (C=O) groups excluding carboxylic acids is 1. The molecule has 0 aliphatic carbocycles. The average Bonchev–Trinajstić information content (AvgIpc) is 3.15. The van der Waals surface area contributed by atoms with Crippen LogP contribution in [-0.4, -0.2) is 32.5 Å². The van der Waals surface area contributed by atoms with Gasteiger partial charge in [-0.3, -0.25) is 9.59 Å². The summed E-state index contributed by atoms with van der Waals surface area (Å²) in [5.74, 6) is -0.148. The molecule has 7 heteroatoms. The molecule has 1 N–H and O–H groups in total. The first-order valence-corrected chi connectivity index (χ1v) is 8.86. The molecular formula is C21H19N5O2. The fraction of sp³-hybridized carbons (Fsp3) is 0.143. The normalized spacial score (nSPS) is 10.9. The second-order valence-electron chi connectivity index (χ2n) is 6.57. The van der Waals surface area contributed by atoms with Crippen molar-refractivity contribution in [2.24, 2.45) is 7.05 Å². The largest absolute Gasteiger partial charge is 0.355 e. The van der Waals surface area contributed by atoms with E-state index in [2.05, 4.69) is 15.6 Å². The van der Waals surface area contributed by atoms with Gasteiger partial charge >= 0.3 is 0 Å². The number of amides is 1. The molecule has 2 heterocycles. The number of hydrogen-bond donors (Lipinski definition) is 1. The highest BCUT2D eigenvalue weighted by molar-refractivity contribution is 5.94. The van der Waals surface area contributed by atoms with Crippen LogP contribution in [0.15, 0.2) is 65.7 Å². The zero-order valence-corrected chi connectivity index (χ0v) is 15.6. The smallest absolute Gasteiger partial charge is 0.258 e. The highest BCUT2D eigenvalue weighted by Crippen LogP contribution is 2.22. The van der Waals surface area contributed by atoms with Crippen molar-refractivity contribution in [3.05, 3.63) is 82.4 Å². The number of rotatable bonds is 4. The zero-order chi connectivity index (χ0) is 19.7. The second kappa shape index (κ2) is 7.11. The number of carbonyl (C=O) groups is 1. The van der Waals surface area contributed by atoms with Crippen molar-refractivity contribution in [2.45, 2.75) is 6.54 Å². The van der Waals surface area contributed by atoms with E-state index in [0.717, 1.165) is 22.2 Å².